The minimum Gasteiger partial charge on any atom is -0.386 e. The second-order valence-corrected chi connectivity index (χ2v) is 3.45. The highest BCUT2D eigenvalue weighted by molar-refractivity contribution is 6.19. The van der Waals surface area contributed by atoms with Gasteiger partial charge in [0.05, 0.1) is 11.1 Å². The van der Waals surface area contributed by atoms with Crippen LogP contribution in [0.15, 0.2) is 29.1 Å². The molecule has 0 atom stereocenters. The number of rotatable bonds is 0. The third-order valence-electron chi connectivity index (χ3n) is 2.49. The van der Waals surface area contributed by atoms with E-state index in [4.69, 9.17) is 0 Å². The molecule has 2 aromatic rings. The first-order chi connectivity index (χ1) is 7.66. The van der Waals surface area contributed by atoms with E-state index in [-0.39, 0.29) is 5.56 Å². The summed E-state index contributed by atoms with van der Waals surface area (Å²) in [5.74, 6) is -1.46. The zero-order chi connectivity index (χ0) is 11.3. The van der Waals surface area contributed by atoms with Crippen molar-refractivity contribution in [1.29, 1.82) is 0 Å². The molecule has 0 saturated carbocycles. The summed E-state index contributed by atoms with van der Waals surface area (Å²) in [6.07, 6.45) is 0. The van der Waals surface area contributed by atoms with Gasteiger partial charge in [0.2, 0.25) is 5.56 Å². The number of H-pyrrole nitrogens is 1. The number of hydrogen-bond acceptors (Lipinski definition) is 4. The highest BCUT2D eigenvalue weighted by atomic mass is 16.6. The van der Waals surface area contributed by atoms with Gasteiger partial charge in [0.1, 0.15) is 0 Å². The number of esters is 2. The van der Waals surface area contributed by atoms with E-state index in [0.717, 1.165) is 6.07 Å². The van der Waals surface area contributed by atoms with Crippen LogP contribution in [-0.2, 0) is 4.74 Å². The smallest absolute Gasteiger partial charge is 0.346 e. The summed E-state index contributed by atoms with van der Waals surface area (Å²) in [6.45, 7) is 0. The van der Waals surface area contributed by atoms with Crippen LogP contribution < -0.4 is 5.56 Å². The number of ether oxygens (including phenoxy) is 1. The number of carbonyl (C=O) groups is 2. The monoisotopic (exact) mass is 215 g/mol. The number of benzene rings is 1. The molecule has 0 amide bonds. The van der Waals surface area contributed by atoms with Gasteiger partial charge in [0, 0.05) is 17.0 Å². The van der Waals surface area contributed by atoms with Crippen LogP contribution in [0.25, 0.3) is 10.9 Å². The maximum absolute atomic E-state index is 11.4. The molecule has 0 saturated heterocycles. The van der Waals surface area contributed by atoms with Crippen molar-refractivity contribution in [3.05, 3.63) is 45.7 Å². The molecule has 1 aromatic carbocycles. The second-order valence-electron chi connectivity index (χ2n) is 3.45. The maximum atomic E-state index is 11.4. The van der Waals surface area contributed by atoms with Crippen molar-refractivity contribution in [3.63, 3.8) is 0 Å². The number of aromatic nitrogens is 1. The van der Waals surface area contributed by atoms with Gasteiger partial charge in [-0.25, -0.2) is 9.59 Å². The van der Waals surface area contributed by atoms with Gasteiger partial charge in [-0.2, -0.15) is 0 Å². The van der Waals surface area contributed by atoms with Crippen molar-refractivity contribution in [2.24, 2.45) is 0 Å². The molecule has 1 aliphatic heterocycles. The zero-order valence-electron chi connectivity index (χ0n) is 7.94. The highest BCUT2D eigenvalue weighted by Crippen LogP contribution is 2.25. The Labute approximate surface area is 88.7 Å². The van der Waals surface area contributed by atoms with Crippen LogP contribution in [0.3, 0.4) is 0 Å². The molecular weight excluding hydrogens is 210 g/mol. The van der Waals surface area contributed by atoms with E-state index >= 15 is 0 Å². The number of carbonyl (C=O) groups excluding carboxylic acids is 2. The van der Waals surface area contributed by atoms with Crippen molar-refractivity contribution < 1.29 is 14.3 Å². The molecular formula is C11H5NO4. The van der Waals surface area contributed by atoms with Gasteiger partial charge in [0.15, 0.2) is 0 Å². The Morgan fingerprint density at radius 3 is 2.56 bits per heavy atom. The molecule has 0 aliphatic carbocycles. The molecule has 0 fully saturated rings. The number of pyridine rings is 1. The average Bonchev–Trinajstić information content (AvgIpc) is 2.25. The van der Waals surface area contributed by atoms with Crippen LogP contribution in [0.1, 0.15) is 20.7 Å². The number of nitrogens with one attached hydrogen (secondary N) is 1. The summed E-state index contributed by atoms with van der Waals surface area (Å²) >= 11 is 0. The summed E-state index contributed by atoms with van der Waals surface area (Å²) in [4.78, 5) is 36.7. The number of cyclic esters (lactones) is 2. The van der Waals surface area contributed by atoms with E-state index in [1.165, 1.54) is 0 Å². The Morgan fingerprint density at radius 1 is 1.00 bits per heavy atom. The van der Waals surface area contributed by atoms with E-state index in [1.807, 2.05) is 0 Å². The Hall–Kier alpha value is -2.43. The zero-order valence-corrected chi connectivity index (χ0v) is 7.94. The average molecular weight is 215 g/mol. The summed E-state index contributed by atoms with van der Waals surface area (Å²) in [5, 5.41) is 0.448. The summed E-state index contributed by atoms with van der Waals surface area (Å²) in [6, 6.07) is 5.95. The second kappa shape index (κ2) is 2.79. The third-order valence-corrected chi connectivity index (χ3v) is 2.49. The highest BCUT2D eigenvalue weighted by Gasteiger charge is 2.27. The van der Waals surface area contributed by atoms with Gasteiger partial charge < -0.3 is 9.72 Å². The SMILES string of the molecule is O=C1OC(=O)c2cc(=O)[nH]c3cccc1c23. The van der Waals surface area contributed by atoms with Crippen LogP contribution in [0.2, 0.25) is 0 Å². The predicted molar refractivity (Wildman–Crippen MR) is 54.3 cm³/mol. The summed E-state index contributed by atoms with van der Waals surface area (Å²) < 4.78 is 4.53. The van der Waals surface area contributed by atoms with E-state index < -0.39 is 17.5 Å². The molecule has 0 spiro atoms. The lowest BCUT2D eigenvalue weighted by atomic mass is 10.0. The lowest BCUT2D eigenvalue weighted by molar-refractivity contribution is 0.0391. The van der Waals surface area contributed by atoms with Gasteiger partial charge in [-0.15, -0.1) is 0 Å². The molecule has 0 bridgehead atoms. The molecule has 0 radical (unpaired) electrons. The van der Waals surface area contributed by atoms with Crippen LogP contribution in [0.5, 0.6) is 0 Å². The van der Waals surface area contributed by atoms with Crippen molar-refractivity contribution in [3.8, 4) is 0 Å². The first-order valence-corrected chi connectivity index (χ1v) is 4.59. The molecule has 5 heteroatoms. The Balaban J connectivity index is 2.60. The fourth-order valence-corrected chi connectivity index (χ4v) is 1.84. The van der Waals surface area contributed by atoms with Crippen LogP contribution in [0, 0.1) is 0 Å². The van der Waals surface area contributed by atoms with Crippen molar-refractivity contribution in [2.45, 2.75) is 0 Å². The maximum Gasteiger partial charge on any atom is 0.346 e. The Kier molecular flexibility index (Phi) is 1.54. The van der Waals surface area contributed by atoms with Gasteiger partial charge >= 0.3 is 11.9 Å². The molecule has 3 rings (SSSR count). The molecule has 1 aliphatic rings. The minimum absolute atomic E-state index is 0.133. The first kappa shape index (κ1) is 8.84. The van der Waals surface area contributed by atoms with E-state index in [9.17, 15) is 14.4 Å². The van der Waals surface area contributed by atoms with E-state index in [1.54, 1.807) is 18.2 Å². The predicted octanol–water partition coefficient (Wildman–Crippen LogP) is 0.839. The molecule has 2 heterocycles. The van der Waals surface area contributed by atoms with Crippen LogP contribution >= 0.6 is 0 Å². The third kappa shape index (κ3) is 1.02. The largest absolute Gasteiger partial charge is 0.386 e. The Morgan fingerprint density at radius 2 is 1.75 bits per heavy atom. The van der Waals surface area contributed by atoms with Gasteiger partial charge in [0.25, 0.3) is 0 Å². The topological polar surface area (TPSA) is 76.2 Å². The summed E-state index contributed by atoms with van der Waals surface area (Å²) in [7, 11) is 0. The Bertz CT molecular complexity index is 699. The van der Waals surface area contributed by atoms with Gasteiger partial charge in [-0.3, -0.25) is 4.79 Å². The fraction of sp³-hybridized carbons (Fsp3) is 0. The minimum atomic E-state index is -0.778. The molecule has 16 heavy (non-hydrogen) atoms. The first-order valence-electron chi connectivity index (χ1n) is 4.59. The molecule has 1 aromatic heterocycles. The van der Waals surface area contributed by atoms with E-state index in [2.05, 4.69) is 9.72 Å². The van der Waals surface area contributed by atoms with E-state index in [0.29, 0.717) is 16.5 Å². The number of hydrogen-bond donors (Lipinski definition) is 1. The lowest BCUT2D eigenvalue weighted by Crippen LogP contribution is -2.22. The van der Waals surface area contributed by atoms with Crippen molar-refractivity contribution in [2.75, 3.05) is 0 Å². The van der Waals surface area contributed by atoms with Crippen LogP contribution in [-0.4, -0.2) is 16.9 Å². The van der Waals surface area contributed by atoms with Crippen molar-refractivity contribution in [1.82, 2.24) is 4.98 Å². The molecule has 1 N–H and O–H groups in total. The summed E-state index contributed by atoms with van der Waals surface area (Å²) in [5.41, 5.74) is 0.494. The van der Waals surface area contributed by atoms with Crippen molar-refractivity contribution >= 4 is 22.8 Å². The quantitative estimate of drug-likeness (QED) is 0.521. The molecule has 5 nitrogen and oxygen atoms in total. The molecule has 78 valence electrons. The lowest BCUT2D eigenvalue weighted by Gasteiger charge is -2.14. The van der Waals surface area contributed by atoms with Gasteiger partial charge in [-0.05, 0) is 12.1 Å². The van der Waals surface area contributed by atoms with Gasteiger partial charge in [-0.1, -0.05) is 6.07 Å². The number of aromatic amines is 1. The van der Waals surface area contributed by atoms with Crippen LogP contribution in [0.4, 0.5) is 0 Å². The standard InChI is InChI=1S/C11H5NO4/c13-8-4-6-9-5(10(14)16-11(6)15)2-1-3-7(9)12-8/h1-4H,(H,12,13). The molecule has 0 unspecified atom stereocenters. The fourth-order valence-electron chi connectivity index (χ4n) is 1.84. The normalized spacial score (nSPS) is 14.0.